The first kappa shape index (κ1) is 14.2. The molecule has 0 saturated heterocycles. The molecule has 0 aromatic heterocycles. The van der Waals surface area contributed by atoms with Crippen molar-refractivity contribution >= 4 is 11.4 Å². The summed E-state index contributed by atoms with van der Waals surface area (Å²) in [5, 5.41) is 22.6. The third-order valence-electron chi connectivity index (χ3n) is 2.37. The highest BCUT2D eigenvalue weighted by molar-refractivity contribution is 5.57. The molecule has 0 spiro atoms. The number of aliphatic hydroxyl groups is 1. The smallest absolute Gasteiger partial charge is 0.311 e. The molecule has 0 amide bonds. The second-order valence-corrected chi connectivity index (χ2v) is 3.73. The Hall–Kier alpha value is -1.82. The van der Waals surface area contributed by atoms with Crippen LogP contribution in [-0.4, -0.2) is 29.8 Å². The number of anilines is 1. The molecule has 1 aromatic carbocycles. The van der Waals surface area contributed by atoms with E-state index < -0.39 is 4.92 Å². The number of aliphatic hydroxyl groups excluding tert-OH is 1. The van der Waals surface area contributed by atoms with Crippen molar-refractivity contribution in [1.29, 1.82) is 0 Å². The maximum atomic E-state index is 10.8. The fraction of sp³-hybridized carbons (Fsp3) is 0.500. The molecule has 0 aliphatic rings. The molecule has 0 unspecified atom stereocenters. The molecule has 1 rings (SSSR count). The van der Waals surface area contributed by atoms with Gasteiger partial charge in [0.2, 0.25) is 0 Å². The highest BCUT2D eigenvalue weighted by Gasteiger charge is 2.14. The van der Waals surface area contributed by atoms with Gasteiger partial charge in [0.05, 0.1) is 11.5 Å². The van der Waals surface area contributed by atoms with Crippen LogP contribution in [0, 0.1) is 10.1 Å². The molecule has 0 bridgehead atoms. The Labute approximate surface area is 106 Å². The van der Waals surface area contributed by atoms with Crippen LogP contribution < -0.4 is 10.1 Å². The van der Waals surface area contributed by atoms with Crippen LogP contribution >= 0.6 is 0 Å². The van der Waals surface area contributed by atoms with Gasteiger partial charge in [0.25, 0.3) is 0 Å². The van der Waals surface area contributed by atoms with Crippen LogP contribution in [0.5, 0.6) is 5.75 Å². The summed E-state index contributed by atoms with van der Waals surface area (Å²) < 4.78 is 5.24. The highest BCUT2D eigenvalue weighted by atomic mass is 16.6. The summed E-state index contributed by atoms with van der Waals surface area (Å²) in [7, 11) is 0. The molecular weight excluding hydrogens is 236 g/mol. The van der Waals surface area contributed by atoms with Crippen LogP contribution in [0.3, 0.4) is 0 Å². The monoisotopic (exact) mass is 254 g/mol. The van der Waals surface area contributed by atoms with E-state index in [0.29, 0.717) is 13.2 Å². The molecule has 0 atom stereocenters. The lowest BCUT2D eigenvalue weighted by Gasteiger charge is -2.09. The van der Waals surface area contributed by atoms with Crippen LogP contribution in [0.4, 0.5) is 11.4 Å². The Kier molecular flexibility index (Phi) is 5.93. The van der Waals surface area contributed by atoms with Gasteiger partial charge in [-0.1, -0.05) is 0 Å². The Bertz CT molecular complexity index is 396. The predicted molar refractivity (Wildman–Crippen MR) is 69.1 cm³/mol. The number of nitrogens with zero attached hydrogens (tertiary/aromatic N) is 1. The minimum atomic E-state index is -0.458. The predicted octanol–water partition coefficient (Wildman–Crippen LogP) is 2.18. The van der Waals surface area contributed by atoms with Gasteiger partial charge in [0.15, 0.2) is 5.75 Å². The van der Waals surface area contributed by atoms with Crippen LogP contribution in [-0.2, 0) is 0 Å². The maximum absolute atomic E-state index is 10.8. The zero-order valence-electron chi connectivity index (χ0n) is 10.4. The van der Waals surface area contributed by atoms with Crippen molar-refractivity contribution in [1.82, 2.24) is 0 Å². The third kappa shape index (κ3) is 4.21. The van der Waals surface area contributed by atoms with Crippen molar-refractivity contribution in [3.63, 3.8) is 0 Å². The van der Waals surface area contributed by atoms with E-state index in [-0.39, 0.29) is 18.0 Å². The van der Waals surface area contributed by atoms with Crippen molar-refractivity contribution in [3.8, 4) is 5.75 Å². The summed E-state index contributed by atoms with van der Waals surface area (Å²) in [5.41, 5.74) is 0.750. The number of hydrogen-bond donors (Lipinski definition) is 2. The lowest BCUT2D eigenvalue weighted by Crippen LogP contribution is -2.04. The zero-order chi connectivity index (χ0) is 13.4. The SMILES string of the molecule is CCOc1cc(NCCCCO)ccc1[N+](=O)[O-]. The number of unbranched alkanes of at least 4 members (excludes halogenated alkanes) is 1. The average Bonchev–Trinajstić information content (AvgIpc) is 2.35. The first-order valence-electron chi connectivity index (χ1n) is 5.95. The summed E-state index contributed by atoms with van der Waals surface area (Å²) >= 11 is 0. The normalized spacial score (nSPS) is 10.1. The largest absolute Gasteiger partial charge is 0.487 e. The van der Waals surface area contributed by atoms with E-state index in [1.54, 1.807) is 19.1 Å². The minimum Gasteiger partial charge on any atom is -0.487 e. The average molecular weight is 254 g/mol. The molecule has 0 radical (unpaired) electrons. The van der Waals surface area contributed by atoms with Crippen molar-refractivity contribution in [3.05, 3.63) is 28.3 Å². The van der Waals surface area contributed by atoms with Crippen LogP contribution in [0.15, 0.2) is 18.2 Å². The number of nitrogens with one attached hydrogen (secondary N) is 1. The molecule has 1 aromatic rings. The first-order chi connectivity index (χ1) is 8.69. The van der Waals surface area contributed by atoms with Gasteiger partial charge in [-0.25, -0.2) is 0 Å². The Morgan fingerprint density at radius 1 is 1.44 bits per heavy atom. The lowest BCUT2D eigenvalue weighted by molar-refractivity contribution is -0.385. The van der Waals surface area contributed by atoms with Crippen molar-refractivity contribution in [2.75, 3.05) is 25.1 Å². The van der Waals surface area contributed by atoms with Gasteiger partial charge in [-0.2, -0.15) is 0 Å². The van der Waals surface area contributed by atoms with E-state index in [0.717, 1.165) is 18.5 Å². The molecule has 18 heavy (non-hydrogen) atoms. The number of rotatable bonds is 8. The maximum Gasteiger partial charge on any atom is 0.311 e. The highest BCUT2D eigenvalue weighted by Crippen LogP contribution is 2.30. The van der Waals surface area contributed by atoms with Gasteiger partial charge in [-0.05, 0) is 25.8 Å². The summed E-state index contributed by atoms with van der Waals surface area (Å²) in [4.78, 5) is 10.3. The second kappa shape index (κ2) is 7.50. The van der Waals surface area contributed by atoms with Gasteiger partial charge < -0.3 is 15.2 Å². The zero-order valence-corrected chi connectivity index (χ0v) is 10.4. The number of nitro benzene ring substituents is 1. The third-order valence-corrected chi connectivity index (χ3v) is 2.37. The molecule has 0 aliphatic carbocycles. The van der Waals surface area contributed by atoms with E-state index in [1.165, 1.54) is 6.07 Å². The van der Waals surface area contributed by atoms with Crippen molar-refractivity contribution in [2.24, 2.45) is 0 Å². The summed E-state index contributed by atoms with van der Waals surface area (Å²) in [6.45, 7) is 3.05. The topological polar surface area (TPSA) is 84.6 Å². The summed E-state index contributed by atoms with van der Waals surface area (Å²) in [5.74, 6) is 0.273. The molecule has 6 nitrogen and oxygen atoms in total. The molecule has 100 valence electrons. The molecule has 6 heteroatoms. The van der Waals surface area contributed by atoms with Gasteiger partial charge in [0, 0.05) is 31.0 Å². The van der Waals surface area contributed by atoms with Crippen LogP contribution in [0.1, 0.15) is 19.8 Å². The Morgan fingerprint density at radius 3 is 2.83 bits per heavy atom. The standard InChI is InChI=1S/C12H18N2O4/c1-2-18-12-9-10(13-7-3-4-8-15)5-6-11(12)14(16)17/h5-6,9,13,15H,2-4,7-8H2,1H3. The van der Waals surface area contributed by atoms with E-state index in [4.69, 9.17) is 9.84 Å². The minimum absolute atomic E-state index is 0.0299. The number of hydrogen-bond acceptors (Lipinski definition) is 5. The van der Waals surface area contributed by atoms with Crippen LogP contribution in [0.2, 0.25) is 0 Å². The van der Waals surface area contributed by atoms with Gasteiger partial charge in [0.1, 0.15) is 0 Å². The fourth-order valence-electron chi connectivity index (χ4n) is 1.52. The van der Waals surface area contributed by atoms with E-state index >= 15 is 0 Å². The van der Waals surface area contributed by atoms with E-state index in [1.807, 2.05) is 0 Å². The fourth-order valence-corrected chi connectivity index (χ4v) is 1.52. The van der Waals surface area contributed by atoms with E-state index in [9.17, 15) is 10.1 Å². The molecule has 2 N–H and O–H groups in total. The molecule has 0 heterocycles. The second-order valence-electron chi connectivity index (χ2n) is 3.73. The Morgan fingerprint density at radius 2 is 2.22 bits per heavy atom. The first-order valence-corrected chi connectivity index (χ1v) is 5.95. The van der Waals surface area contributed by atoms with E-state index in [2.05, 4.69) is 5.32 Å². The summed E-state index contributed by atoms with van der Waals surface area (Å²) in [6.07, 6.45) is 1.58. The van der Waals surface area contributed by atoms with Crippen molar-refractivity contribution < 1.29 is 14.8 Å². The van der Waals surface area contributed by atoms with Crippen LogP contribution in [0.25, 0.3) is 0 Å². The number of nitro groups is 1. The van der Waals surface area contributed by atoms with Gasteiger partial charge in [-0.3, -0.25) is 10.1 Å². The number of ether oxygens (including phenoxy) is 1. The van der Waals surface area contributed by atoms with Gasteiger partial charge in [-0.15, -0.1) is 0 Å². The molecule has 0 aliphatic heterocycles. The quantitative estimate of drug-likeness (QED) is 0.422. The Balaban J connectivity index is 2.70. The lowest BCUT2D eigenvalue weighted by atomic mass is 10.2. The van der Waals surface area contributed by atoms with Crippen molar-refractivity contribution in [2.45, 2.75) is 19.8 Å². The summed E-state index contributed by atoms with van der Waals surface area (Å²) in [6, 6.07) is 4.71. The molecule has 0 fully saturated rings. The molecule has 0 saturated carbocycles. The molecular formula is C12H18N2O4. The van der Waals surface area contributed by atoms with Gasteiger partial charge >= 0.3 is 5.69 Å². The number of benzene rings is 1.